The van der Waals surface area contributed by atoms with Gasteiger partial charge in [-0.05, 0) is 41.8 Å². The van der Waals surface area contributed by atoms with Gasteiger partial charge >= 0.3 is 0 Å². The highest BCUT2D eigenvalue weighted by atomic mass is 16.6. The largest absolute Gasteiger partial charge is 0.396 e. The lowest BCUT2D eigenvalue weighted by Gasteiger charge is -2.27. The van der Waals surface area contributed by atoms with E-state index in [1.165, 1.54) is 23.1 Å². The number of benzene rings is 3. The van der Waals surface area contributed by atoms with Gasteiger partial charge in [-0.15, -0.1) is 0 Å². The van der Waals surface area contributed by atoms with E-state index < -0.39 is 22.3 Å². The fraction of sp³-hybridized carbons (Fsp3) is 0.226. The van der Waals surface area contributed by atoms with Gasteiger partial charge in [-0.1, -0.05) is 49.4 Å². The van der Waals surface area contributed by atoms with Crippen LogP contribution in [0.2, 0.25) is 0 Å². The minimum absolute atomic E-state index is 0.0801. The summed E-state index contributed by atoms with van der Waals surface area (Å²) in [5, 5.41) is 36.1. The van der Waals surface area contributed by atoms with E-state index in [0.29, 0.717) is 17.8 Å². The molecule has 4 aromatic rings. The van der Waals surface area contributed by atoms with Crippen molar-refractivity contribution < 1.29 is 24.7 Å². The van der Waals surface area contributed by atoms with Crippen molar-refractivity contribution in [2.75, 3.05) is 16.8 Å². The Morgan fingerprint density at radius 3 is 2.66 bits per heavy atom. The number of hydrogen-bond acceptors (Lipinski definition) is 6. The number of para-hydroxylation sites is 1. The molecule has 5 rings (SSSR count). The monoisotopic (exact) mass is 554 g/mol. The average Bonchev–Trinajstić information content (AvgIpc) is 3.46. The zero-order valence-corrected chi connectivity index (χ0v) is 22.4. The molecule has 0 spiro atoms. The molecular weight excluding hydrogens is 524 g/mol. The van der Waals surface area contributed by atoms with Gasteiger partial charge in [-0.25, -0.2) is 0 Å². The number of nitrogens with one attached hydrogen (secondary N) is 2. The number of carbonyl (C=O) groups is 2. The summed E-state index contributed by atoms with van der Waals surface area (Å²) in [5.41, 5.74) is 1.52. The number of fused-ring (bicyclic) bond motifs is 2. The number of rotatable bonds is 10. The number of H-pyrrole nitrogens is 1. The maximum Gasteiger partial charge on any atom is 0.269 e. The van der Waals surface area contributed by atoms with Gasteiger partial charge in [0.05, 0.1) is 23.6 Å². The molecule has 0 unspecified atom stereocenters. The average molecular weight is 555 g/mol. The third-order valence-electron chi connectivity index (χ3n) is 7.45. The van der Waals surface area contributed by atoms with Crippen LogP contribution in [-0.2, 0) is 28.2 Å². The van der Waals surface area contributed by atoms with E-state index in [9.17, 15) is 24.8 Å². The van der Waals surface area contributed by atoms with Gasteiger partial charge in [0.15, 0.2) is 5.60 Å². The number of hydrogen-bond donors (Lipinski definition) is 4. The maximum absolute atomic E-state index is 13.7. The molecular formula is C31H30N4O6. The normalized spacial score (nSPS) is 17.2. The van der Waals surface area contributed by atoms with Crippen LogP contribution in [0.4, 0.5) is 17.1 Å². The summed E-state index contributed by atoms with van der Waals surface area (Å²) in [6, 6.07) is 18.9. The number of amides is 2. The fourth-order valence-corrected chi connectivity index (χ4v) is 5.25. The van der Waals surface area contributed by atoms with E-state index in [1.54, 1.807) is 43.3 Å². The smallest absolute Gasteiger partial charge is 0.269 e. The summed E-state index contributed by atoms with van der Waals surface area (Å²) in [6.07, 6.45) is 5.69. The van der Waals surface area contributed by atoms with Crippen LogP contribution in [0.3, 0.4) is 0 Å². The SMILES string of the molecule is C[C@H](/C=C/CCO)[C@@]1(O)C(=O)N(Cc2ccc(NC(=O)Cc3c[nH]c4ccccc34)cc2)c2ccc([N+](=O)[O-])cc21. The van der Waals surface area contributed by atoms with Crippen LogP contribution in [0.25, 0.3) is 10.9 Å². The molecule has 10 nitrogen and oxygen atoms in total. The van der Waals surface area contributed by atoms with Crippen molar-refractivity contribution in [3.8, 4) is 0 Å². The summed E-state index contributed by atoms with van der Waals surface area (Å²) >= 11 is 0. The molecule has 210 valence electrons. The molecule has 1 aliphatic heterocycles. The molecule has 0 saturated carbocycles. The first-order chi connectivity index (χ1) is 19.7. The molecule has 1 aliphatic rings. The zero-order valence-electron chi connectivity index (χ0n) is 22.4. The van der Waals surface area contributed by atoms with E-state index in [1.807, 2.05) is 30.5 Å². The van der Waals surface area contributed by atoms with Crippen molar-refractivity contribution in [2.45, 2.75) is 31.9 Å². The number of nitrogens with zero attached hydrogens (tertiary/aromatic N) is 2. The van der Waals surface area contributed by atoms with Crippen LogP contribution in [0.5, 0.6) is 0 Å². The number of non-ortho nitro benzene ring substituents is 1. The number of nitro groups is 1. The summed E-state index contributed by atoms with van der Waals surface area (Å²) < 4.78 is 0. The Labute approximate surface area is 236 Å². The molecule has 0 fully saturated rings. The number of nitro benzene ring substituents is 1. The molecule has 10 heteroatoms. The Hall–Kier alpha value is -4.80. The lowest BCUT2D eigenvalue weighted by molar-refractivity contribution is -0.385. The molecule has 0 aliphatic carbocycles. The number of aromatic nitrogens is 1. The highest BCUT2D eigenvalue weighted by Crippen LogP contribution is 2.47. The Morgan fingerprint density at radius 2 is 1.93 bits per heavy atom. The number of carbonyl (C=O) groups excluding carboxylic acids is 2. The second-order valence-corrected chi connectivity index (χ2v) is 10.1. The summed E-state index contributed by atoms with van der Waals surface area (Å²) in [5.74, 6) is -1.46. The predicted molar refractivity (Wildman–Crippen MR) is 155 cm³/mol. The van der Waals surface area contributed by atoms with Gasteiger partial charge in [0.1, 0.15) is 0 Å². The lowest BCUT2D eigenvalue weighted by atomic mass is 9.82. The highest BCUT2D eigenvalue weighted by molar-refractivity contribution is 6.07. The van der Waals surface area contributed by atoms with E-state index in [0.717, 1.165) is 22.0 Å². The Morgan fingerprint density at radius 1 is 1.17 bits per heavy atom. The molecule has 1 aromatic heterocycles. The predicted octanol–water partition coefficient (Wildman–Crippen LogP) is 4.57. The van der Waals surface area contributed by atoms with Gasteiger partial charge in [-0.2, -0.15) is 0 Å². The topological polar surface area (TPSA) is 149 Å². The summed E-state index contributed by atoms with van der Waals surface area (Å²) in [7, 11) is 0. The lowest BCUT2D eigenvalue weighted by Crippen LogP contribution is -2.44. The van der Waals surface area contributed by atoms with Crippen molar-refractivity contribution in [1.29, 1.82) is 0 Å². The third kappa shape index (κ3) is 5.34. The summed E-state index contributed by atoms with van der Waals surface area (Å²) in [6.45, 7) is 1.69. The van der Waals surface area contributed by atoms with Crippen molar-refractivity contribution >= 4 is 39.8 Å². The maximum atomic E-state index is 13.7. The molecule has 2 atom stereocenters. The quantitative estimate of drug-likeness (QED) is 0.128. The molecule has 0 bridgehead atoms. The van der Waals surface area contributed by atoms with Crippen LogP contribution in [0.15, 0.2) is 85.1 Å². The molecule has 2 heterocycles. The van der Waals surface area contributed by atoms with Crippen molar-refractivity contribution in [3.05, 3.63) is 112 Å². The van der Waals surface area contributed by atoms with E-state index in [4.69, 9.17) is 5.11 Å². The number of aliphatic hydroxyl groups is 2. The minimum atomic E-state index is -2.01. The third-order valence-corrected chi connectivity index (χ3v) is 7.45. The second kappa shape index (κ2) is 11.4. The molecule has 4 N–H and O–H groups in total. The minimum Gasteiger partial charge on any atom is -0.396 e. The fourth-order valence-electron chi connectivity index (χ4n) is 5.25. The standard InChI is InChI=1S/C31H30N4O6/c1-20(6-4-5-15-36)31(39)26-17-24(35(40)41)13-14-28(26)34(30(31)38)19-21-9-11-23(12-10-21)33-29(37)16-22-18-32-27-8-3-2-7-25(22)27/h2-4,6-14,17-18,20,32,36,39H,5,15-16,19H2,1H3,(H,33,37)/b6-4+/t20-,31+/m1/s1. The number of aromatic amines is 1. The van der Waals surface area contributed by atoms with Crippen molar-refractivity contribution in [1.82, 2.24) is 4.98 Å². The van der Waals surface area contributed by atoms with E-state index >= 15 is 0 Å². The molecule has 2 amide bonds. The van der Waals surface area contributed by atoms with Gasteiger partial charge < -0.3 is 25.4 Å². The number of aliphatic hydroxyl groups excluding tert-OH is 1. The Kier molecular flexibility index (Phi) is 7.69. The van der Waals surface area contributed by atoms with Gasteiger partial charge in [-0.3, -0.25) is 19.7 Å². The molecule has 3 aromatic carbocycles. The first-order valence-electron chi connectivity index (χ1n) is 13.3. The van der Waals surface area contributed by atoms with Gasteiger partial charge in [0.2, 0.25) is 5.91 Å². The first-order valence-corrected chi connectivity index (χ1v) is 13.3. The van der Waals surface area contributed by atoms with Crippen LogP contribution in [0, 0.1) is 16.0 Å². The second-order valence-electron chi connectivity index (χ2n) is 10.1. The highest BCUT2D eigenvalue weighted by Gasteiger charge is 2.53. The van der Waals surface area contributed by atoms with E-state index in [-0.39, 0.29) is 36.7 Å². The van der Waals surface area contributed by atoms with Crippen LogP contribution < -0.4 is 10.2 Å². The first kappa shape index (κ1) is 27.8. The van der Waals surface area contributed by atoms with Gasteiger partial charge in [0.25, 0.3) is 11.6 Å². The van der Waals surface area contributed by atoms with E-state index in [2.05, 4.69) is 10.3 Å². The van der Waals surface area contributed by atoms with Crippen LogP contribution >= 0.6 is 0 Å². The van der Waals surface area contributed by atoms with Gasteiger partial charge in [0, 0.05) is 53.0 Å². The Bertz CT molecular complexity index is 1640. The molecule has 0 saturated heterocycles. The van der Waals surface area contributed by atoms with Crippen molar-refractivity contribution in [2.24, 2.45) is 5.92 Å². The summed E-state index contributed by atoms with van der Waals surface area (Å²) in [4.78, 5) is 41.8. The molecule has 41 heavy (non-hydrogen) atoms. The van der Waals surface area contributed by atoms with Crippen LogP contribution in [-0.4, -0.2) is 38.5 Å². The Balaban J connectivity index is 1.33. The number of anilines is 2. The van der Waals surface area contributed by atoms with Crippen molar-refractivity contribution in [3.63, 3.8) is 0 Å². The zero-order chi connectivity index (χ0) is 29.1. The molecule has 0 radical (unpaired) electrons. The van der Waals surface area contributed by atoms with Crippen LogP contribution in [0.1, 0.15) is 30.0 Å².